The van der Waals surface area contributed by atoms with Gasteiger partial charge in [0.2, 0.25) is 0 Å². The van der Waals surface area contributed by atoms with Gasteiger partial charge in [0.1, 0.15) is 11.6 Å². The van der Waals surface area contributed by atoms with Crippen LogP contribution in [0.3, 0.4) is 0 Å². The summed E-state index contributed by atoms with van der Waals surface area (Å²) in [6.07, 6.45) is 2.49. The Bertz CT molecular complexity index is 513. The first-order valence-electron chi connectivity index (χ1n) is 7.31. The van der Waals surface area contributed by atoms with Crippen LogP contribution in [0.5, 0.6) is 0 Å². The maximum absolute atomic E-state index is 13.8. The molecule has 1 atom stereocenters. The lowest BCUT2D eigenvalue weighted by Gasteiger charge is -2.42. The van der Waals surface area contributed by atoms with Gasteiger partial charge >= 0.3 is 0 Å². The molecule has 2 aliphatic heterocycles. The van der Waals surface area contributed by atoms with Crippen molar-refractivity contribution >= 4 is 5.78 Å². The molecule has 0 N–H and O–H groups in total. The summed E-state index contributed by atoms with van der Waals surface area (Å²) in [4.78, 5) is 12.5. The summed E-state index contributed by atoms with van der Waals surface area (Å²) in [6.45, 7) is 1.66. The van der Waals surface area contributed by atoms with Gasteiger partial charge in [-0.1, -0.05) is 6.07 Å². The van der Waals surface area contributed by atoms with Crippen LogP contribution < -0.4 is 0 Å². The van der Waals surface area contributed by atoms with Crippen LogP contribution in [0.4, 0.5) is 8.78 Å². The highest BCUT2D eigenvalue weighted by Gasteiger charge is 2.42. The predicted octanol–water partition coefficient (Wildman–Crippen LogP) is 3.12. The second-order valence-electron chi connectivity index (χ2n) is 5.79. The Labute approximate surface area is 122 Å². The van der Waals surface area contributed by atoms with Crippen LogP contribution in [-0.2, 0) is 9.47 Å². The quantitative estimate of drug-likeness (QED) is 0.787. The first-order valence-corrected chi connectivity index (χ1v) is 7.31. The minimum absolute atomic E-state index is 0.363. The number of ether oxygens (including phenoxy) is 2. The van der Waals surface area contributed by atoms with Crippen molar-refractivity contribution in [1.82, 2.24) is 0 Å². The second-order valence-corrected chi connectivity index (χ2v) is 5.79. The highest BCUT2D eigenvalue weighted by atomic mass is 19.1. The molecule has 1 aromatic carbocycles. The molecule has 3 rings (SSSR count). The number of hydrogen-bond donors (Lipinski definition) is 0. The number of hydrogen-bond acceptors (Lipinski definition) is 3. The third-order valence-corrected chi connectivity index (χ3v) is 4.48. The van der Waals surface area contributed by atoms with Gasteiger partial charge in [-0.05, 0) is 37.8 Å². The Morgan fingerprint density at radius 2 is 1.81 bits per heavy atom. The topological polar surface area (TPSA) is 35.5 Å². The van der Waals surface area contributed by atoms with E-state index in [1.165, 1.54) is 6.07 Å². The zero-order valence-corrected chi connectivity index (χ0v) is 11.7. The van der Waals surface area contributed by atoms with E-state index in [0.717, 1.165) is 25.0 Å². The van der Waals surface area contributed by atoms with Crippen molar-refractivity contribution in [1.29, 1.82) is 0 Å². The zero-order valence-electron chi connectivity index (χ0n) is 11.7. The standard InChI is InChI=1S/C16H18F2O3/c17-12-2-1-3-13(18)14(12)15(19)11-4-7-21-16(10-11)5-8-20-9-6-16/h1-3,11H,4-10H2. The summed E-state index contributed by atoms with van der Waals surface area (Å²) in [5.74, 6) is -2.40. The molecule has 0 bridgehead atoms. The molecule has 0 aliphatic carbocycles. The molecule has 1 unspecified atom stereocenters. The Balaban J connectivity index is 1.81. The highest BCUT2D eigenvalue weighted by Crippen LogP contribution is 2.38. The molecule has 0 saturated carbocycles. The third-order valence-electron chi connectivity index (χ3n) is 4.48. The molecule has 1 aromatic rings. The fraction of sp³-hybridized carbons (Fsp3) is 0.562. The van der Waals surface area contributed by atoms with Crippen molar-refractivity contribution in [3.8, 4) is 0 Å². The van der Waals surface area contributed by atoms with E-state index in [1.54, 1.807) is 0 Å². The van der Waals surface area contributed by atoms with E-state index in [2.05, 4.69) is 0 Å². The molecule has 114 valence electrons. The first kappa shape index (κ1) is 14.6. The van der Waals surface area contributed by atoms with E-state index < -0.39 is 23.0 Å². The summed E-state index contributed by atoms with van der Waals surface area (Å²) in [6, 6.07) is 3.52. The third kappa shape index (κ3) is 2.85. The van der Waals surface area contributed by atoms with E-state index in [1.807, 2.05) is 0 Å². The van der Waals surface area contributed by atoms with Gasteiger partial charge in [0.25, 0.3) is 0 Å². The number of halogens is 2. The van der Waals surface area contributed by atoms with Crippen molar-refractivity contribution in [2.45, 2.75) is 31.3 Å². The van der Waals surface area contributed by atoms with Crippen LogP contribution in [-0.4, -0.2) is 31.2 Å². The minimum Gasteiger partial charge on any atom is -0.381 e. The smallest absolute Gasteiger partial charge is 0.172 e. The summed E-state index contributed by atoms with van der Waals surface area (Å²) in [7, 11) is 0. The van der Waals surface area contributed by atoms with E-state index in [-0.39, 0.29) is 11.5 Å². The maximum Gasteiger partial charge on any atom is 0.172 e. The van der Waals surface area contributed by atoms with E-state index in [4.69, 9.17) is 9.47 Å². The van der Waals surface area contributed by atoms with Crippen LogP contribution in [0, 0.1) is 17.6 Å². The van der Waals surface area contributed by atoms with Gasteiger partial charge in [-0.25, -0.2) is 8.78 Å². The van der Waals surface area contributed by atoms with Gasteiger partial charge in [0.05, 0.1) is 11.2 Å². The molecule has 2 aliphatic rings. The first-order chi connectivity index (χ1) is 10.1. The number of ketones is 1. The van der Waals surface area contributed by atoms with E-state index in [0.29, 0.717) is 32.7 Å². The Kier molecular flexibility index (Phi) is 4.04. The van der Waals surface area contributed by atoms with Crippen molar-refractivity contribution in [2.75, 3.05) is 19.8 Å². The minimum atomic E-state index is -0.785. The lowest BCUT2D eigenvalue weighted by atomic mass is 9.78. The summed E-state index contributed by atoms with van der Waals surface area (Å²) in [5, 5.41) is 0. The van der Waals surface area contributed by atoms with E-state index >= 15 is 0 Å². The van der Waals surface area contributed by atoms with E-state index in [9.17, 15) is 13.6 Å². The molecular formula is C16H18F2O3. The largest absolute Gasteiger partial charge is 0.381 e. The summed E-state index contributed by atoms with van der Waals surface area (Å²) < 4.78 is 38.7. The van der Waals surface area contributed by atoms with Gasteiger partial charge < -0.3 is 9.47 Å². The fourth-order valence-corrected chi connectivity index (χ4v) is 3.28. The second kappa shape index (κ2) is 5.81. The Hall–Kier alpha value is -1.33. The van der Waals surface area contributed by atoms with Crippen molar-refractivity contribution < 1.29 is 23.0 Å². The number of benzene rings is 1. The molecule has 1 spiro atoms. The summed E-state index contributed by atoms with van der Waals surface area (Å²) in [5.41, 5.74) is -0.773. The number of carbonyl (C=O) groups excluding carboxylic acids is 1. The molecule has 2 saturated heterocycles. The fourth-order valence-electron chi connectivity index (χ4n) is 3.28. The van der Waals surface area contributed by atoms with Gasteiger partial charge in [-0.2, -0.15) is 0 Å². The average molecular weight is 296 g/mol. The molecule has 2 heterocycles. The predicted molar refractivity (Wildman–Crippen MR) is 72.1 cm³/mol. The lowest BCUT2D eigenvalue weighted by molar-refractivity contribution is -0.142. The molecule has 0 aromatic heterocycles. The monoisotopic (exact) mass is 296 g/mol. The van der Waals surface area contributed by atoms with Gasteiger partial charge in [-0.3, -0.25) is 4.79 Å². The van der Waals surface area contributed by atoms with Gasteiger partial charge in [0, 0.05) is 25.7 Å². The molecule has 3 nitrogen and oxygen atoms in total. The Morgan fingerprint density at radius 1 is 1.14 bits per heavy atom. The van der Waals surface area contributed by atoms with Crippen LogP contribution in [0.1, 0.15) is 36.0 Å². The van der Waals surface area contributed by atoms with Crippen LogP contribution in [0.15, 0.2) is 18.2 Å². The van der Waals surface area contributed by atoms with Gasteiger partial charge in [0.15, 0.2) is 5.78 Å². The summed E-state index contributed by atoms with van der Waals surface area (Å²) >= 11 is 0. The maximum atomic E-state index is 13.8. The van der Waals surface area contributed by atoms with Crippen molar-refractivity contribution in [2.24, 2.45) is 5.92 Å². The average Bonchev–Trinajstić information content (AvgIpc) is 2.48. The van der Waals surface area contributed by atoms with Crippen LogP contribution in [0.2, 0.25) is 0 Å². The molecule has 0 amide bonds. The van der Waals surface area contributed by atoms with Crippen molar-refractivity contribution in [3.05, 3.63) is 35.4 Å². The van der Waals surface area contributed by atoms with Crippen LogP contribution in [0.25, 0.3) is 0 Å². The molecule has 0 radical (unpaired) electrons. The van der Waals surface area contributed by atoms with Crippen molar-refractivity contribution in [3.63, 3.8) is 0 Å². The SMILES string of the molecule is O=C(c1c(F)cccc1F)C1CCOC2(CCOCC2)C1. The molecule has 2 fully saturated rings. The molecule has 21 heavy (non-hydrogen) atoms. The van der Waals surface area contributed by atoms with Gasteiger partial charge in [-0.15, -0.1) is 0 Å². The Morgan fingerprint density at radius 3 is 2.48 bits per heavy atom. The molecule has 5 heteroatoms. The molecular weight excluding hydrogens is 278 g/mol. The number of Topliss-reactive ketones (excluding diaryl/α,β-unsaturated/α-hetero) is 1. The normalized spacial score (nSPS) is 25.0. The highest BCUT2D eigenvalue weighted by molar-refractivity contribution is 5.98. The van der Waals surface area contributed by atoms with Crippen LogP contribution >= 0.6 is 0 Å². The number of rotatable bonds is 2. The lowest BCUT2D eigenvalue weighted by Crippen LogP contribution is -2.46. The number of carbonyl (C=O) groups is 1. The zero-order chi connectivity index (χ0) is 14.9.